The van der Waals surface area contributed by atoms with Gasteiger partial charge in [-0.2, -0.15) is 18.2 Å². The molecule has 0 aromatic carbocycles. The first-order valence-electron chi connectivity index (χ1n) is 16.3. The van der Waals surface area contributed by atoms with Crippen LogP contribution in [0.5, 0.6) is 5.88 Å². The van der Waals surface area contributed by atoms with Crippen molar-refractivity contribution in [3.05, 3.63) is 53.5 Å². The zero-order chi connectivity index (χ0) is 35.2. The number of nitrogens with zero attached hydrogens (tertiary/aromatic N) is 5. The van der Waals surface area contributed by atoms with Crippen LogP contribution in [0, 0.1) is 5.41 Å². The molecule has 15 heteroatoms. The van der Waals surface area contributed by atoms with Gasteiger partial charge in [-0.3, -0.25) is 19.9 Å². The Kier molecular flexibility index (Phi) is 11.0. The van der Waals surface area contributed by atoms with Crippen LogP contribution in [-0.2, 0) is 22.1 Å². The fourth-order valence-corrected chi connectivity index (χ4v) is 6.23. The first-order chi connectivity index (χ1) is 23.4. The number of H-pyrrole nitrogens is 1. The molecule has 1 aliphatic carbocycles. The quantitative estimate of drug-likeness (QED) is 0.126. The van der Waals surface area contributed by atoms with E-state index in [1.54, 1.807) is 25.1 Å². The Morgan fingerprint density at radius 3 is 2.51 bits per heavy atom. The molecule has 0 aliphatic heterocycles. The van der Waals surface area contributed by atoms with E-state index in [4.69, 9.17) is 14.6 Å². The summed E-state index contributed by atoms with van der Waals surface area (Å²) in [6.07, 6.45) is 3.21. The molecule has 0 saturated heterocycles. The molecule has 4 heterocycles. The summed E-state index contributed by atoms with van der Waals surface area (Å²) in [5.41, 5.74) is 1.44. The second-order valence-electron chi connectivity index (χ2n) is 12.3. The van der Waals surface area contributed by atoms with Crippen molar-refractivity contribution in [3.8, 4) is 17.1 Å². The molecule has 1 aliphatic rings. The van der Waals surface area contributed by atoms with E-state index >= 15 is 0 Å². The number of ether oxygens (including phenoxy) is 2. The predicted molar refractivity (Wildman–Crippen MR) is 177 cm³/mol. The number of hydrogen-bond acceptors (Lipinski definition) is 9. The van der Waals surface area contributed by atoms with Crippen LogP contribution in [0.4, 0.5) is 24.8 Å². The monoisotopic (exact) mass is 683 g/mol. The fraction of sp³-hybridized carbons (Fsp3) is 0.471. The number of hydrogen-bond donors (Lipinski definition) is 3. The van der Waals surface area contributed by atoms with Crippen LogP contribution in [0.3, 0.4) is 0 Å². The number of aliphatic carboxylic acids is 1. The molecule has 0 spiro atoms. The number of carbonyl (C=O) groups excluding carboxylic acids is 1. The number of fused-ring (bicyclic) bond motifs is 1. The van der Waals surface area contributed by atoms with Gasteiger partial charge in [-0.05, 0) is 63.3 Å². The number of amides is 1. The van der Waals surface area contributed by atoms with Gasteiger partial charge < -0.3 is 24.5 Å². The zero-order valence-electron chi connectivity index (χ0n) is 27.7. The van der Waals surface area contributed by atoms with Crippen molar-refractivity contribution in [2.24, 2.45) is 5.41 Å². The molecule has 0 bridgehead atoms. The number of carboxylic acid groups (broad SMARTS) is 1. The summed E-state index contributed by atoms with van der Waals surface area (Å²) in [7, 11) is 1.91. The number of carbonyl (C=O) groups is 2. The number of pyridine rings is 3. The number of imidazole rings is 1. The standard InChI is InChI=1S/C34H40F3N7O5/c1-4-48-20-33(13-6-7-14-33)19-44(3)26-16-25(22-15-23(34(35,36)37)31(39-18-22)49-5-2)40-29-28(26)41-32(42-29)43-30(47)24-12-11-21(17-38-24)9-8-10-27(45)46/h11-12,15-18H,4-10,13-14,19-20H2,1-3H3,(H,45,46)(H2,40,41,42,43,47). The van der Waals surface area contributed by atoms with Crippen LogP contribution in [-0.4, -0.2) is 75.3 Å². The van der Waals surface area contributed by atoms with E-state index in [1.165, 1.54) is 12.4 Å². The van der Waals surface area contributed by atoms with Crippen LogP contribution < -0.4 is 15.0 Å². The molecule has 4 aromatic rings. The van der Waals surface area contributed by atoms with Gasteiger partial charge in [0.25, 0.3) is 5.91 Å². The summed E-state index contributed by atoms with van der Waals surface area (Å²) in [5, 5.41) is 11.6. The SMILES string of the molecule is CCOCC1(CN(C)c2cc(-c3cnc(OCC)c(C(F)(F)F)c3)nc3nc(NC(=O)c4ccc(CCCC(=O)O)cn4)[nH]c23)CCCC1. The van der Waals surface area contributed by atoms with Crippen LogP contribution in [0.25, 0.3) is 22.4 Å². The summed E-state index contributed by atoms with van der Waals surface area (Å²) in [6.45, 7) is 5.35. The highest BCUT2D eigenvalue weighted by molar-refractivity contribution is 6.03. The van der Waals surface area contributed by atoms with Gasteiger partial charge in [0, 0.05) is 50.0 Å². The van der Waals surface area contributed by atoms with Gasteiger partial charge in [0.2, 0.25) is 11.8 Å². The van der Waals surface area contributed by atoms with E-state index in [1.807, 2.05) is 18.9 Å². The van der Waals surface area contributed by atoms with Crippen molar-refractivity contribution in [2.45, 2.75) is 65.0 Å². The van der Waals surface area contributed by atoms with Crippen LogP contribution in [0.2, 0.25) is 0 Å². The van der Waals surface area contributed by atoms with Crippen molar-refractivity contribution >= 4 is 34.7 Å². The molecule has 1 saturated carbocycles. The maximum atomic E-state index is 14.0. The average Bonchev–Trinajstić information content (AvgIpc) is 3.70. The van der Waals surface area contributed by atoms with E-state index in [2.05, 4.69) is 30.2 Å². The molecule has 0 radical (unpaired) electrons. The highest BCUT2D eigenvalue weighted by Crippen LogP contribution is 2.42. The third kappa shape index (κ3) is 8.63. The van der Waals surface area contributed by atoms with Gasteiger partial charge in [-0.15, -0.1) is 0 Å². The number of nitrogens with one attached hydrogen (secondary N) is 2. The lowest BCUT2D eigenvalue weighted by Crippen LogP contribution is -2.37. The zero-order valence-corrected chi connectivity index (χ0v) is 27.7. The molecular formula is C34H40F3N7O5. The molecule has 1 fully saturated rings. The number of anilines is 2. The number of aromatic nitrogens is 5. The number of aromatic amines is 1. The third-order valence-corrected chi connectivity index (χ3v) is 8.58. The van der Waals surface area contributed by atoms with E-state index in [-0.39, 0.29) is 47.0 Å². The molecule has 0 atom stereocenters. The summed E-state index contributed by atoms with van der Waals surface area (Å²) >= 11 is 0. The van der Waals surface area contributed by atoms with E-state index in [0.717, 1.165) is 37.3 Å². The number of carboxylic acids is 1. The molecule has 0 unspecified atom stereocenters. The van der Waals surface area contributed by atoms with Crippen molar-refractivity contribution in [1.29, 1.82) is 0 Å². The third-order valence-electron chi connectivity index (χ3n) is 8.58. The summed E-state index contributed by atoms with van der Waals surface area (Å²) < 4.78 is 53.1. The van der Waals surface area contributed by atoms with E-state index in [0.29, 0.717) is 43.8 Å². The Morgan fingerprint density at radius 1 is 1.08 bits per heavy atom. The van der Waals surface area contributed by atoms with Gasteiger partial charge in [0.1, 0.15) is 16.8 Å². The number of aryl methyl sites for hydroxylation is 1. The summed E-state index contributed by atoms with van der Waals surface area (Å²) in [5.74, 6) is -1.85. The van der Waals surface area contributed by atoms with Crippen molar-refractivity contribution < 1.29 is 37.3 Å². The second-order valence-corrected chi connectivity index (χ2v) is 12.3. The van der Waals surface area contributed by atoms with Crippen LogP contribution in [0.1, 0.15) is 74.0 Å². The Labute approximate surface area is 281 Å². The lowest BCUT2D eigenvalue weighted by atomic mass is 9.86. The number of rotatable bonds is 15. The minimum absolute atomic E-state index is 0.0201. The first kappa shape index (κ1) is 35.5. The minimum atomic E-state index is -4.71. The average molecular weight is 684 g/mol. The Balaban J connectivity index is 1.49. The molecular weight excluding hydrogens is 643 g/mol. The lowest BCUT2D eigenvalue weighted by Gasteiger charge is -2.34. The maximum Gasteiger partial charge on any atom is 0.421 e. The molecule has 49 heavy (non-hydrogen) atoms. The lowest BCUT2D eigenvalue weighted by molar-refractivity contribution is -0.139. The van der Waals surface area contributed by atoms with Gasteiger partial charge in [0.15, 0.2) is 5.65 Å². The van der Waals surface area contributed by atoms with E-state index < -0.39 is 29.5 Å². The largest absolute Gasteiger partial charge is 0.481 e. The van der Waals surface area contributed by atoms with Gasteiger partial charge in [0.05, 0.1) is 24.6 Å². The molecule has 4 aromatic heterocycles. The van der Waals surface area contributed by atoms with Gasteiger partial charge in [-0.25, -0.2) is 9.97 Å². The normalized spacial score (nSPS) is 14.2. The molecule has 12 nitrogen and oxygen atoms in total. The van der Waals surface area contributed by atoms with Crippen LogP contribution >= 0.6 is 0 Å². The predicted octanol–water partition coefficient (Wildman–Crippen LogP) is 6.53. The summed E-state index contributed by atoms with van der Waals surface area (Å²) in [6, 6.07) is 5.91. The van der Waals surface area contributed by atoms with Crippen molar-refractivity contribution in [1.82, 2.24) is 24.9 Å². The molecule has 5 rings (SSSR count). The van der Waals surface area contributed by atoms with Crippen molar-refractivity contribution in [2.75, 3.05) is 43.6 Å². The number of alkyl halides is 3. The molecule has 1 amide bonds. The molecule has 262 valence electrons. The van der Waals surface area contributed by atoms with E-state index in [9.17, 15) is 22.8 Å². The number of halogens is 3. The molecule has 3 N–H and O–H groups in total. The first-order valence-corrected chi connectivity index (χ1v) is 16.3. The Hall–Kier alpha value is -4.79. The minimum Gasteiger partial charge on any atom is -0.481 e. The van der Waals surface area contributed by atoms with Gasteiger partial charge in [-0.1, -0.05) is 18.9 Å². The van der Waals surface area contributed by atoms with Crippen LogP contribution in [0.15, 0.2) is 36.7 Å². The highest BCUT2D eigenvalue weighted by Gasteiger charge is 2.37. The smallest absolute Gasteiger partial charge is 0.421 e. The summed E-state index contributed by atoms with van der Waals surface area (Å²) in [4.78, 5) is 46.4. The fourth-order valence-electron chi connectivity index (χ4n) is 6.23. The van der Waals surface area contributed by atoms with Crippen molar-refractivity contribution in [3.63, 3.8) is 0 Å². The highest BCUT2D eigenvalue weighted by atomic mass is 19.4. The Bertz CT molecular complexity index is 1770. The maximum absolute atomic E-state index is 14.0. The Morgan fingerprint density at radius 2 is 1.86 bits per heavy atom. The topological polar surface area (TPSA) is 155 Å². The van der Waals surface area contributed by atoms with Gasteiger partial charge >= 0.3 is 12.1 Å². The second kappa shape index (κ2) is 15.2.